The second-order valence-corrected chi connectivity index (χ2v) is 7.32. The third-order valence-corrected chi connectivity index (χ3v) is 5.50. The van der Waals surface area contributed by atoms with Gasteiger partial charge in [-0.15, -0.1) is 21.5 Å². The molecular weight excluding hydrogens is 332 g/mol. The molecule has 1 aromatic carbocycles. The fourth-order valence-electron chi connectivity index (χ4n) is 3.41. The average Bonchev–Trinajstić information content (AvgIpc) is 3.34. The van der Waals surface area contributed by atoms with Crippen LogP contribution in [0, 0.1) is 0 Å². The van der Waals surface area contributed by atoms with Gasteiger partial charge in [0.25, 0.3) is 5.91 Å². The van der Waals surface area contributed by atoms with Crippen LogP contribution in [0.5, 0.6) is 0 Å². The molecule has 5 nitrogen and oxygen atoms in total. The van der Waals surface area contributed by atoms with Crippen LogP contribution in [0.1, 0.15) is 39.8 Å². The van der Waals surface area contributed by atoms with E-state index >= 15 is 0 Å². The molecular formula is C19H20N4OS. The van der Waals surface area contributed by atoms with Gasteiger partial charge in [0.1, 0.15) is 12.2 Å². The highest BCUT2D eigenvalue weighted by Gasteiger charge is 2.28. The molecule has 4 rings (SSSR count). The largest absolute Gasteiger partial charge is 0.337 e. The zero-order valence-electron chi connectivity index (χ0n) is 13.9. The monoisotopic (exact) mass is 352 g/mol. The van der Waals surface area contributed by atoms with Crippen molar-refractivity contribution < 1.29 is 4.79 Å². The van der Waals surface area contributed by atoms with Crippen molar-refractivity contribution in [2.45, 2.75) is 25.3 Å². The first-order valence-electron chi connectivity index (χ1n) is 8.55. The van der Waals surface area contributed by atoms with E-state index in [0.29, 0.717) is 6.54 Å². The van der Waals surface area contributed by atoms with Gasteiger partial charge in [0.15, 0.2) is 0 Å². The van der Waals surface area contributed by atoms with Crippen molar-refractivity contribution >= 4 is 17.2 Å². The minimum absolute atomic E-state index is 0.133. The number of piperidine rings is 1. The maximum atomic E-state index is 12.6. The lowest BCUT2D eigenvalue weighted by atomic mass is 9.97. The Morgan fingerprint density at radius 2 is 2.08 bits per heavy atom. The molecule has 1 aliphatic heterocycles. The fourth-order valence-corrected chi connectivity index (χ4v) is 4.10. The molecule has 3 aromatic rings. The Labute approximate surface area is 150 Å². The Hall–Kier alpha value is -2.47. The van der Waals surface area contributed by atoms with Gasteiger partial charge in [-0.25, -0.2) is 0 Å². The van der Waals surface area contributed by atoms with E-state index in [1.165, 1.54) is 16.9 Å². The summed E-state index contributed by atoms with van der Waals surface area (Å²) in [7, 11) is 0. The van der Waals surface area contributed by atoms with Crippen LogP contribution >= 0.6 is 11.3 Å². The van der Waals surface area contributed by atoms with E-state index in [2.05, 4.69) is 26.9 Å². The van der Waals surface area contributed by atoms with Gasteiger partial charge in [-0.2, -0.15) is 0 Å². The molecule has 25 heavy (non-hydrogen) atoms. The Balaban J connectivity index is 1.50. The number of carbonyl (C=O) groups excluding carboxylic acids is 1. The highest BCUT2D eigenvalue weighted by Crippen LogP contribution is 2.27. The molecule has 1 fully saturated rings. The van der Waals surface area contributed by atoms with Gasteiger partial charge >= 0.3 is 0 Å². The maximum Gasteiger partial charge on any atom is 0.263 e. The van der Waals surface area contributed by atoms with Crippen LogP contribution in [0.25, 0.3) is 0 Å². The molecule has 0 radical (unpaired) electrons. The summed E-state index contributed by atoms with van der Waals surface area (Å²) in [5.41, 5.74) is 1.23. The maximum absolute atomic E-state index is 12.6. The SMILES string of the molecule is O=C(c1cccs1)N1CCCC(c2nncn2Cc2ccccc2)C1. The van der Waals surface area contributed by atoms with Gasteiger partial charge in [-0.3, -0.25) is 4.79 Å². The zero-order valence-corrected chi connectivity index (χ0v) is 14.7. The lowest BCUT2D eigenvalue weighted by Crippen LogP contribution is -2.39. The Kier molecular flexibility index (Phi) is 4.61. The standard InChI is InChI=1S/C19H20N4OS/c24-19(17-9-5-11-25-17)22-10-4-8-16(13-22)18-21-20-14-23(18)12-15-6-2-1-3-7-15/h1-3,5-7,9,11,14,16H,4,8,10,12-13H2. The topological polar surface area (TPSA) is 51.0 Å². The van der Waals surface area contributed by atoms with Crippen LogP contribution in [0.2, 0.25) is 0 Å². The molecule has 0 saturated carbocycles. The predicted molar refractivity (Wildman–Crippen MR) is 97.8 cm³/mol. The quantitative estimate of drug-likeness (QED) is 0.723. The Morgan fingerprint density at radius 1 is 1.20 bits per heavy atom. The molecule has 1 amide bonds. The second-order valence-electron chi connectivity index (χ2n) is 6.37. The van der Waals surface area contributed by atoms with Crippen molar-refractivity contribution in [1.29, 1.82) is 0 Å². The van der Waals surface area contributed by atoms with E-state index in [-0.39, 0.29) is 11.8 Å². The summed E-state index contributed by atoms with van der Waals surface area (Å²) in [5.74, 6) is 1.35. The highest BCUT2D eigenvalue weighted by atomic mass is 32.1. The number of hydrogen-bond acceptors (Lipinski definition) is 4. The number of nitrogens with zero attached hydrogens (tertiary/aromatic N) is 4. The molecule has 6 heteroatoms. The minimum atomic E-state index is 0.133. The van der Waals surface area contributed by atoms with Crippen LogP contribution in [0.15, 0.2) is 54.2 Å². The lowest BCUT2D eigenvalue weighted by Gasteiger charge is -2.32. The second kappa shape index (κ2) is 7.19. The summed E-state index contributed by atoms with van der Waals surface area (Å²) in [6.45, 7) is 2.29. The lowest BCUT2D eigenvalue weighted by molar-refractivity contribution is 0.0708. The van der Waals surface area contributed by atoms with E-state index in [0.717, 1.165) is 36.6 Å². The molecule has 3 heterocycles. The minimum Gasteiger partial charge on any atom is -0.337 e. The fraction of sp³-hybridized carbons (Fsp3) is 0.316. The number of thiophene rings is 1. The van der Waals surface area contributed by atoms with Crippen LogP contribution in [-0.4, -0.2) is 38.7 Å². The molecule has 2 aromatic heterocycles. The van der Waals surface area contributed by atoms with Crippen molar-refractivity contribution in [2.24, 2.45) is 0 Å². The third kappa shape index (κ3) is 3.49. The van der Waals surface area contributed by atoms with Crippen molar-refractivity contribution in [2.75, 3.05) is 13.1 Å². The zero-order chi connectivity index (χ0) is 17.1. The molecule has 0 spiro atoms. The van der Waals surface area contributed by atoms with E-state index in [1.807, 2.05) is 40.6 Å². The number of aromatic nitrogens is 3. The Bertz CT molecular complexity index is 828. The van der Waals surface area contributed by atoms with Crippen molar-refractivity contribution in [3.05, 3.63) is 70.4 Å². The van der Waals surface area contributed by atoms with Gasteiger partial charge in [0.2, 0.25) is 0 Å². The summed E-state index contributed by atoms with van der Waals surface area (Å²) in [4.78, 5) is 15.4. The highest BCUT2D eigenvalue weighted by molar-refractivity contribution is 7.12. The average molecular weight is 352 g/mol. The molecule has 0 N–H and O–H groups in total. The predicted octanol–water partition coefficient (Wildman–Crippen LogP) is 3.41. The number of amides is 1. The molecule has 1 aliphatic rings. The van der Waals surface area contributed by atoms with E-state index in [9.17, 15) is 4.79 Å². The van der Waals surface area contributed by atoms with E-state index in [1.54, 1.807) is 6.33 Å². The van der Waals surface area contributed by atoms with Crippen LogP contribution in [0.3, 0.4) is 0 Å². The summed E-state index contributed by atoms with van der Waals surface area (Å²) >= 11 is 1.50. The Morgan fingerprint density at radius 3 is 2.88 bits per heavy atom. The van der Waals surface area contributed by atoms with Gasteiger partial charge in [-0.1, -0.05) is 36.4 Å². The molecule has 0 bridgehead atoms. The van der Waals surface area contributed by atoms with Crippen molar-refractivity contribution in [3.63, 3.8) is 0 Å². The number of rotatable bonds is 4. The van der Waals surface area contributed by atoms with Crippen LogP contribution < -0.4 is 0 Å². The normalized spacial score (nSPS) is 17.6. The molecule has 1 atom stereocenters. The first kappa shape index (κ1) is 16.0. The molecule has 0 aliphatic carbocycles. The number of likely N-dealkylation sites (tertiary alicyclic amines) is 1. The summed E-state index contributed by atoms with van der Waals surface area (Å²) in [6.07, 6.45) is 3.84. The first-order chi connectivity index (χ1) is 12.3. The molecule has 128 valence electrons. The van der Waals surface area contributed by atoms with Gasteiger partial charge in [0, 0.05) is 19.0 Å². The van der Waals surface area contributed by atoms with Gasteiger partial charge in [0.05, 0.1) is 11.4 Å². The van der Waals surface area contributed by atoms with Gasteiger partial charge < -0.3 is 9.47 Å². The molecule has 1 saturated heterocycles. The van der Waals surface area contributed by atoms with Gasteiger partial charge in [-0.05, 0) is 29.9 Å². The van der Waals surface area contributed by atoms with Crippen LogP contribution in [0.4, 0.5) is 0 Å². The van der Waals surface area contributed by atoms with Crippen molar-refractivity contribution in [1.82, 2.24) is 19.7 Å². The molecule has 1 unspecified atom stereocenters. The first-order valence-corrected chi connectivity index (χ1v) is 9.43. The third-order valence-electron chi connectivity index (χ3n) is 4.65. The van der Waals surface area contributed by atoms with E-state index in [4.69, 9.17) is 0 Å². The smallest absolute Gasteiger partial charge is 0.263 e. The number of hydrogen-bond donors (Lipinski definition) is 0. The summed E-state index contributed by atoms with van der Waals surface area (Å²) in [6, 6.07) is 14.1. The van der Waals surface area contributed by atoms with Crippen molar-refractivity contribution in [3.8, 4) is 0 Å². The number of benzene rings is 1. The van der Waals surface area contributed by atoms with Crippen LogP contribution in [-0.2, 0) is 6.54 Å². The van der Waals surface area contributed by atoms with E-state index < -0.39 is 0 Å². The number of carbonyl (C=O) groups is 1. The summed E-state index contributed by atoms with van der Waals surface area (Å²) in [5, 5.41) is 10.4. The summed E-state index contributed by atoms with van der Waals surface area (Å²) < 4.78 is 2.11.